The average molecular weight is 237 g/mol. The Bertz CT molecular complexity index is 363. The first-order chi connectivity index (χ1) is 8.04. The molecular weight excluding hydrogens is 218 g/mol. The van der Waals surface area contributed by atoms with Crippen LogP contribution in [0.25, 0.3) is 0 Å². The van der Waals surface area contributed by atoms with Crippen LogP contribution in [-0.4, -0.2) is 42.2 Å². The van der Waals surface area contributed by atoms with Crippen LogP contribution in [0.1, 0.15) is 24.2 Å². The van der Waals surface area contributed by atoms with E-state index in [1.165, 1.54) is 0 Å². The van der Waals surface area contributed by atoms with Crippen molar-refractivity contribution in [1.82, 2.24) is 10.3 Å². The summed E-state index contributed by atoms with van der Waals surface area (Å²) in [5.41, 5.74) is 0.543. The maximum Gasteiger partial charge on any atom is 0.252 e. The number of aromatic nitrogens is 1. The SMILES string of the molecule is CCNC(=O)c1ccc(N(C)C[C@H](C)O)nc1. The van der Waals surface area contributed by atoms with Crippen LogP contribution in [0.5, 0.6) is 0 Å². The number of aliphatic hydroxyl groups is 1. The summed E-state index contributed by atoms with van der Waals surface area (Å²) in [7, 11) is 1.85. The number of nitrogens with one attached hydrogen (secondary N) is 1. The van der Waals surface area contributed by atoms with E-state index in [4.69, 9.17) is 0 Å². The third kappa shape index (κ3) is 4.03. The topological polar surface area (TPSA) is 65.5 Å². The van der Waals surface area contributed by atoms with Crippen molar-refractivity contribution in [3.8, 4) is 0 Å². The highest BCUT2D eigenvalue weighted by Gasteiger charge is 2.08. The second kappa shape index (κ2) is 6.20. The fraction of sp³-hybridized carbons (Fsp3) is 0.500. The number of rotatable bonds is 5. The Balaban J connectivity index is 2.70. The van der Waals surface area contributed by atoms with Crippen molar-refractivity contribution in [2.75, 3.05) is 25.0 Å². The van der Waals surface area contributed by atoms with Crippen molar-refractivity contribution in [2.24, 2.45) is 0 Å². The van der Waals surface area contributed by atoms with Crippen molar-refractivity contribution in [1.29, 1.82) is 0 Å². The number of amides is 1. The van der Waals surface area contributed by atoms with Crippen molar-refractivity contribution in [3.63, 3.8) is 0 Å². The Hall–Kier alpha value is -1.62. The van der Waals surface area contributed by atoms with Gasteiger partial charge in [-0.1, -0.05) is 0 Å². The van der Waals surface area contributed by atoms with Crippen LogP contribution in [0.4, 0.5) is 5.82 Å². The Labute approximate surface area is 101 Å². The Morgan fingerprint density at radius 3 is 2.76 bits per heavy atom. The molecular formula is C12H19N3O2. The first-order valence-corrected chi connectivity index (χ1v) is 5.68. The molecule has 0 aliphatic carbocycles. The van der Waals surface area contributed by atoms with Gasteiger partial charge in [0.05, 0.1) is 11.7 Å². The highest BCUT2D eigenvalue weighted by Crippen LogP contribution is 2.09. The van der Waals surface area contributed by atoms with E-state index in [1.807, 2.05) is 18.9 Å². The van der Waals surface area contributed by atoms with Crippen molar-refractivity contribution < 1.29 is 9.90 Å². The van der Waals surface area contributed by atoms with Crippen LogP contribution in [-0.2, 0) is 0 Å². The fourth-order valence-electron chi connectivity index (χ4n) is 1.50. The van der Waals surface area contributed by atoms with E-state index >= 15 is 0 Å². The van der Waals surface area contributed by atoms with E-state index < -0.39 is 6.10 Å². The van der Waals surface area contributed by atoms with Crippen LogP contribution >= 0.6 is 0 Å². The lowest BCUT2D eigenvalue weighted by Crippen LogP contribution is -2.28. The first-order valence-electron chi connectivity index (χ1n) is 5.68. The first kappa shape index (κ1) is 13.4. The molecule has 0 saturated carbocycles. The highest BCUT2D eigenvalue weighted by molar-refractivity contribution is 5.93. The molecule has 94 valence electrons. The number of hydrogen-bond donors (Lipinski definition) is 2. The summed E-state index contributed by atoms with van der Waals surface area (Å²) in [4.78, 5) is 17.5. The third-order valence-electron chi connectivity index (χ3n) is 2.28. The van der Waals surface area contributed by atoms with Crippen molar-refractivity contribution in [3.05, 3.63) is 23.9 Å². The molecule has 1 heterocycles. The molecule has 0 radical (unpaired) electrons. The number of likely N-dealkylation sites (N-methyl/N-ethyl adjacent to an activating group) is 1. The molecule has 17 heavy (non-hydrogen) atoms. The molecule has 2 N–H and O–H groups in total. The highest BCUT2D eigenvalue weighted by atomic mass is 16.3. The Morgan fingerprint density at radius 2 is 2.29 bits per heavy atom. The molecule has 5 nitrogen and oxygen atoms in total. The van der Waals surface area contributed by atoms with E-state index in [1.54, 1.807) is 25.3 Å². The van der Waals surface area contributed by atoms with Gasteiger partial charge in [0.1, 0.15) is 5.82 Å². The van der Waals surface area contributed by atoms with Gasteiger partial charge in [-0.3, -0.25) is 4.79 Å². The third-order valence-corrected chi connectivity index (χ3v) is 2.28. The summed E-state index contributed by atoms with van der Waals surface area (Å²) in [6, 6.07) is 3.50. The lowest BCUT2D eigenvalue weighted by atomic mass is 10.2. The zero-order valence-corrected chi connectivity index (χ0v) is 10.5. The number of carbonyl (C=O) groups is 1. The molecule has 1 amide bonds. The molecule has 0 bridgehead atoms. The van der Waals surface area contributed by atoms with Gasteiger partial charge in [-0.05, 0) is 26.0 Å². The molecule has 0 aliphatic heterocycles. The van der Waals surface area contributed by atoms with Gasteiger partial charge < -0.3 is 15.3 Å². The van der Waals surface area contributed by atoms with E-state index in [-0.39, 0.29) is 5.91 Å². The number of nitrogens with zero attached hydrogens (tertiary/aromatic N) is 2. The quantitative estimate of drug-likeness (QED) is 0.789. The number of anilines is 1. The summed E-state index contributed by atoms with van der Waals surface area (Å²) in [5.74, 6) is 0.615. The largest absolute Gasteiger partial charge is 0.392 e. The minimum absolute atomic E-state index is 0.121. The molecule has 0 spiro atoms. The predicted octanol–water partition coefficient (Wildman–Crippen LogP) is 0.648. The van der Waals surface area contributed by atoms with Gasteiger partial charge in [0.15, 0.2) is 0 Å². The summed E-state index contributed by atoms with van der Waals surface area (Å²) >= 11 is 0. The predicted molar refractivity (Wildman–Crippen MR) is 67.2 cm³/mol. The van der Waals surface area contributed by atoms with Crippen LogP contribution in [0.15, 0.2) is 18.3 Å². The summed E-state index contributed by atoms with van der Waals surface area (Å²) in [5, 5.41) is 12.0. The van der Waals surface area contributed by atoms with Gasteiger partial charge in [-0.15, -0.1) is 0 Å². The standard InChI is InChI=1S/C12H19N3O2/c1-4-13-12(17)10-5-6-11(14-7-10)15(3)8-9(2)16/h5-7,9,16H,4,8H2,1-3H3,(H,13,17)/t9-/m0/s1. The normalized spacial score (nSPS) is 12.0. The lowest BCUT2D eigenvalue weighted by Gasteiger charge is -2.19. The Kier molecular flexibility index (Phi) is 4.90. The van der Waals surface area contributed by atoms with Crippen LogP contribution < -0.4 is 10.2 Å². The average Bonchev–Trinajstić information content (AvgIpc) is 2.28. The molecule has 0 aliphatic rings. The number of aliphatic hydroxyl groups excluding tert-OH is 1. The molecule has 1 aromatic rings. The van der Waals surface area contributed by atoms with E-state index in [9.17, 15) is 9.90 Å². The maximum absolute atomic E-state index is 11.5. The second-order valence-corrected chi connectivity index (χ2v) is 3.99. The number of hydrogen-bond acceptors (Lipinski definition) is 4. The van der Waals surface area contributed by atoms with Gasteiger partial charge in [0.2, 0.25) is 0 Å². The molecule has 1 aromatic heterocycles. The van der Waals surface area contributed by atoms with E-state index in [0.29, 0.717) is 18.7 Å². The van der Waals surface area contributed by atoms with Crippen LogP contribution in [0.3, 0.4) is 0 Å². The molecule has 0 saturated heterocycles. The molecule has 1 atom stereocenters. The van der Waals surface area contributed by atoms with E-state index in [0.717, 1.165) is 5.82 Å². The zero-order valence-electron chi connectivity index (χ0n) is 10.5. The van der Waals surface area contributed by atoms with Crippen molar-refractivity contribution in [2.45, 2.75) is 20.0 Å². The van der Waals surface area contributed by atoms with Gasteiger partial charge in [0.25, 0.3) is 5.91 Å². The second-order valence-electron chi connectivity index (χ2n) is 3.99. The minimum Gasteiger partial charge on any atom is -0.392 e. The maximum atomic E-state index is 11.5. The van der Waals surface area contributed by atoms with Gasteiger partial charge >= 0.3 is 0 Å². The van der Waals surface area contributed by atoms with Gasteiger partial charge in [-0.2, -0.15) is 0 Å². The van der Waals surface area contributed by atoms with Crippen LogP contribution in [0.2, 0.25) is 0 Å². The molecule has 0 aromatic carbocycles. The minimum atomic E-state index is -0.412. The van der Waals surface area contributed by atoms with Gasteiger partial charge in [0, 0.05) is 26.3 Å². The number of pyridine rings is 1. The molecule has 1 rings (SSSR count). The van der Waals surface area contributed by atoms with Crippen LogP contribution in [0, 0.1) is 0 Å². The molecule has 0 unspecified atom stereocenters. The Morgan fingerprint density at radius 1 is 1.59 bits per heavy atom. The summed E-state index contributed by atoms with van der Waals surface area (Å²) < 4.78 is 0. The number of carbonyl (C=O) groups excluding carboxylic acids is 1. The fourth-order valence-corrected chi connectivity index (χ4v) is 1.50. The van der Waals surface area contributed by atoms with Crippen molar-refractivity contribution >= 4 is 11.7 Å². The smallest absolute Gasteiger partial charge is 0.252 e. The summed E-state index contributed by atoms with van der Waals surface area (Å²) in [6.07, 6.45) is 1.13. The summed E-state index contributed by atoms with van der Waals surface area (Å²) in [6.45, 7) is 4.70. The lowest BCUT2D eigenvalue weighted by molar-refractivity contribution is 0.0955. The zero-order chi connectivity index (χ0) is 12.8. The monoisotopic (exact) mass is 237 g/mol. The molecule has 5 heteroatoms. The van der Waals surface area contributed by atoms with Gasteiger partial charge in [-0.25, -0.2) is 4.98 Å². The van der Waals surface area contributed by atoms with E-state index in [2.05, 4.69) is 10.3 Å². The molecule has 0 fully saturated rings.